The Balaban J connectivity index is 1.45. The third-order valence-electron chi connectivity index (χ3n) is 5.50. The SMILES string of the molecule is Oc1cc(Cl)cc2c1nc1n2CCC(c2ccc(-c3ccccc3)cc2)C1. The Bertz CT molecular complexity index is 1120. The van der Waals surface area contributed by atoms with E-state index < -0.39 is 0 Å². The molecule has 0 spiro atoms. The Morgan fingerprint density at radius 2 is 1.70 bits per heavy atom. The molecule has 0 fully saturated rings. The normalized spacial score (nSPS) is 16.4. The van der Waals surface area contributed by atoms with E-state index in [9.17, 15) is 5.11 Å². The maximum absolute atomic E-state index is 10.2. The number of phenolic OH excluding ortho intramolecular Hbond substituents is 1. The highest BCUT2D eigenvalue weighted by atomic mass is 35.5. The summed E-state index contributed by atoms with van der Waals surface area (Å²) in [4.78, 5) is 4.69. The van der Waals surface area contributed by atoms with Crippen molar-refractivity contribution >= 4 is 22.6 Å². The van der Waals surface area contributed by atoms with Crippen LogP contribution in [-0.4, -0.2) is 14.7 Å². The number of aromatic nitrogens is 2. The second-order valence-electron chi connectivity index (χ2n) is 7.15. The summed E-state index contributed by atoms with van der Waals surface area (Å²) in [6.45, 7) is 0.886. The van der Waals surface area contributed by atoms with Gasteiger partial charge in [0.15, 0.2) is 0 Å². The van der Waals surface area contributed by atoms with Gasteiger partial charge in [0.2, 0.25) is 0 Å². The molecule has 27 heavy (non-hydrogen) atoms. The zero-order valence-electron chi connectivity index (χ0n) is 14.8. The topological polar surface area (TPSA) is 38.1 Å². The highest BCUT2D eigenvalue weighted by Crippen LogP contribution is 2.36. The molecule has 0 aliphatic carbocycles. The second kappa shape index (κ2) is 6.43. The van der Waals surface area contributed by atoms with E-state index >= 15 is 0 Å². The molecule has 1 unspecified atom stereocenters. The molecule has 2 heterocycles. The number of imidazole rings is 1. The summed E-state index contributed by atoms with van der Waals surface area (Å²) < 4.78 is 2.19. The lowest BCUT2D eigenvalue weighted by Crippen LogP contribution is -2.18. The summed E-state index contributed by atoms with van der Waals surface area (Å²) >= 11 is 6.11. The highest BCUT2D eigenvalue weighted by Gasteiger charge is 2.24. The summed E-state index contributed by atoms with van der Waals surface area (Å²) in [5, 5.41) is 10.7. The molecular formula is C23H19ClN2O. The maximum atomic E-state index is 10.2. The van der Waals surface area contributed by atoms with Crippen molar-refractivity contribution < 1.29 is 5.11 Å². The fourth-order valence-electron chi connectivity index (χ4n) is 4.10. The Hall–Kier alpha value is -2.78. The van der Waals surface area contributed by atoms with Gasteiger partial charge in [0, 0.05) is 24.1 Å². The predicted molar refractivity (Wildman–Crippen MR) is 109 cm³/mol. The molecule has 1 aliphatic rings. The van der Waals surface area contributed by atoms with E-state index in [2.05, 4.69) is 58.1 Å². The van der Waals surface area contributed by atoms with Crippen LogP contribution in [0.15, 0.2) is 66.7 Å². The van der Waals surface area contributed by atoms with E-state index in [1.807, 2.05) is 12.1 Å². The highest BCUT2D eigenvalue weighted by molar-refractivity contribution is 6.31. The molecular weight excluding hydrogens is 356 g/mol. The summed E-state index contributed by atoms with van der Waals surface area (Å²) in [6.07, 6.45) is 1.92. The Kier molecular flexibility index (Phi) is 3.91. The van der Waals surface area contributed by atoms with Crippen molar-refractivity contribution in [1.29, 1.82) is 0 Å². The zero-order chi connectivity index (χ0) is 18.4. The molecule has 1 aromatic heterocycles. The first-order valence-corrected chi connectivity index (χ1v) is 9.60. The number of rotatable bonds is 2. The number of fused-ring (bicyclic) bond motifs is 3. The third kappa shape index (κ3) is 2.88. The number of aryl methyl sites for hydroxylation is 1. The van der Waals surface area contributed by atoms with Crippen LogP contribution in [0.2, 0.25) is 5.02 Å². The third-order valence-corrected chi connectivity index (χ3v) is 5.72. The molecule has 0 amide bonds. The Labute approximate surface area is 162 Å². The van der Waals surface area contributed by atoms with Gasteiger partial charge in [-0.3, -0.25) is 0 Å². The smallest absolute Gasteiger partial charge is 0.144 e. The standard InChI is InChI=1S/C23H19ClN2O/c24-19-13-20-23(21(27)14-19)25-22-12-18(10-11-26(20)22)17-8-6-16(7-9-17)15-4-2-1-3-5-15/h1-9,13-14,18,27H,10-12H2. The fourth-order valence-corrected chi connectivity index (χ4v) is 4.30. The van der Waals surface area contributed by atoms with E-state index in [1.165, 1.54) is 16.7 Å². The quantitative estimate of drug-likeness (QED) is 0.482. The number of aromatic hydroxyl groups is 1. The molecule has 1 N–H and O–H groups in total. The average Bonchev–Trinajstić information content (AvgIpc) is 3.07. The van der Waals surface area contributed by atoms with E-state index in [-0.39, 0.29) is 5.75 Å². The van der Waals surface area contributed by atoms with Crippen molar-refractivity contribution in [2.45, 2.75) is 25.3 Å². The van der Waals surface area contributed by atoms with Crippen molar-refractivity contribution in [2.75, 3.05) is 0 Å². The van der Waals surface area contributed by atoms with Crippen LogP contribution in [0.3, 0.4) is 0 Å². The van der Waals surface area contributed by atoms with E-state index in [0.29, 0.717) is 16.5 Å². The number of hydrogen-bond donors (Lipinski definition) is 1. The molecule has 4 heteroatoms. The lowest BCUT2D eigenvalue weighted by molar-refractivity contribution is 0.473. The van der Waals surface area contributed by atoms with Crippen molar-refractivity contribution in [2.24, 2.45) is 0 Å². The monoisotopic (exact) mass is 374 g/mol. The van der Waals surface area contributed by atoms with Crippen LogP contribution >= 0.6 is 11.6 Å². The number of halogens is 1. The van der Waals surface area contributed by atoms with Crippen LogP contribution in [0.4, 0.5) is 0 Å². The van der Waals surface area contributed by atoms with Gasteiger partial charge in [0.05, 0.1) is 5.52 Å². The van der Waals surface area contributed by atoms with Gasteiger partial charge in [-0.1, -0.05) is 66.2 Å². The first kappa shape index (κ1) is 16.4. The minimum Gasteiger partial charge on any atom is -0.506 e. The molecule has 4 aromatic rings. The van der Waals surface area contributed by atoms with E-state index in [4.69, 9.17) is 11.6 Å². The van der Waals surface area contributed by atoms with Crippen molar-refractivity contribution in [3.8, 4) is 16.9 Å². The summed E-state index contributed by atoms with van der Waals surface area (Å²) in [5.74, 6) is 1.62. The lowest BCUT2D eigenvalue weighted by atomic mass is 9.89. The molecule has 0 saturated carbocycles. The van der Waals surface area contributed by atoms with Crippen LogP contribution in [0.5, 0.6) is 5.75 Å². The minimum atomic E-state index is 0.156. The number of benzene rings is 3. The summed E-state index contributed by atoms with van der Waals surface area (Å²) in [5.41, 5.74) is 5.39. The molecule has 1 aliphatic heterocycles. The molecule has 0 bridgehead atoms. The van der Waals surface area contributed by atoms with Crippen molar-refractivity contribution in [3.63, 3.8) is 0 Å². The Morgan fingerprint density at radius 1 is 0.963 bits per heavy atom. The van der Waals surface area contributed by atoms with Crippen LogP contribution in [0.25, 0.3) is 22.2 Å². The van der Waals surface area contributed by atoms with E-state index in [1.54, 1.807) is 6.07 Å². The van der Waals surface area contributed by atoms with Gasteiger partial charge in [-0.15, -0.1) is 0 Å². The van der Waals surface area contributed by atoms with Gasteiger partial charge in [0.1, 0.15) is 17.1 Å². The predicted octanol–water partition coefficient (Wildman–Crippen LogP) is 5.79. The van der Waals surface area contributed by atoms with Gasteiger partial charge in [-0.25, -0.2) is 4.98 Å². The van der Waals surface area contributed by atoms with Gasteiger partial charge in [-0.05, 0) is 35.1 Å². The first-order chi connectivity index (χ1) is 13.2. The van der Waals surface area contributed by atoms with Crippen molar-refractivity contribution in [1.82, 2.24) is 9.55 Å². The van der Waals surface area contributed by atoms with Crippen LogP contribution in [0.1, 0.15) is 23.7 Å². The number of nitrogens with zero attached hydrogens (tertiary/aromatic N) is 2. The summed E-state index contributed by atoms with van der Waals surface area (Å²) in [6, 6.07) is 22.8. The largest absolute Gasteiger partial charge is 0.506 e. The zero-order valence-corrected chi connectivity index (χ0v) is 15.5. The average molecular weight is 375 g/mol. The molecule has 3 aromatic carbocycles. The summed E-state index contributed by atoms with van der Waals surface area (Å²) in [7, 11) is 0. The molecule has 1 atom stereocenters. The number of phenols is 1. The minimum absolute atomic E-state index is 0.156. The van der Waals surface area contributed by atoms with Crippen LogP contribution in [-0.2, 0) is 13.0 Å². The first-order valence-electron chi connectivity index (χ1n) is 9.22. The van der Waals surface area contributed by atoms with Gasteiger partial charge < -0.3 is 9.67 Å². The lowest BCUT2D eigenvalue weighted by Gasteiger charge is -2.24. The van der Waals surface area contributed by atoms with Gasteiger partial charge in [-0.2, -0.15) is 0 Å². The van der Waals surface area contributed by atoms with Gasteiger partial charge >= 0.3 is 0 Å². The molecule has 134 valence electrons. The second-order valence-corrected chi connectivity index (χ2v) is 7.59. The molecule has 5 rings (SSSR count). The van der Waals surface area contributed by atoms with Crippen LogP contribution < -0.4 is 0 Å². The number of hydrogen-bond acceptors (Lipinski definition) is 2. The Morgan fingerprint density at radius 3 is 2.48 bits per heavy atom. The maximum Gasteiger partial charge on any atom is 0.144 e. The molecule has 3 nitrogen and oxygen atoms in total. The fraction of sp³-hybridized carbons (Fsp3) is 0.174. The molecule has 0 saturated heterocycles. The van der Waals surface area contributed by atoms with Crippen LogP contribution in [0, 0.1) is 0 Å². The van der Waals surface area contributed by atoms with Gasteiger partial charge in [0.25, 0.3) is 0 Å². The van der Waals surface area contributed by atoms with E-state index in [0.717, 1.165) is 30.7 Å². The molecule has 0 radical (unpaired) electrons. The van der Waals surface area contributed by atoms with Crippen molar-refractivity contribution in [3.05, 3.63) is 83.1 Å².